The minimum absolute atomic E-state index is 0.144. The lowest BCUT2D eigenvalue weighted by molar-refractivity contribution is -0.128. The Morgan fingerprint density at radius 1 is 1.12 bits per heavy atom. The summed E-state index contributed by atoms with van der Waals surface area (Å²) in [6.45, 7) is 7.62. The molecule has 1 aromatic carbocycles. The van der Waals surface area contributed by atoms with Gasteiger partial charge in [0.15, 0.2) is 0 Å². The number of likely N-dealkylation sites (tertiary alicyclic amines) is 1. The van der Waals surface area contributed by atoms with Gasteiger partial charge in [0.1, 0.15) is 0 Å². The number of hydrogen-bond acceptors (Lipinski definition) is 2. The van der Waals surface area contributed by atoms with Crippen LogP contribution in [0.25, 0.3) is 6.08 Å². The highest BCUT2D eigenvalue weighted by molar-refractivity contribution is 5.97. The zero-order chi connectivity index (χ0) is 17.1. The topological polar surface area (TPSA) is 38.1 Å². The van der Waals surface area contributed by atoms with Crippen LogP contribution < -0.4 is 0 Å². The van der Waals surface area contributed by atoms with E-state index in [0.717, 1.165) is 37.1 Å². The molecule has 0 spiro atoms. The number of rotatable bonds is 3. The van der Waals surface area contributed by atoms with Gasteiger partial charge in [0.2, 0.25) is 5.91 Å². The van der Waals surface area contributed by atoms with E-state index >= 15 is 0 Å². The van der Waals surface area contributed by atoms with Crippen molar-refractivity contribution in [3.05, 3.63) is 58.9 Å². The molecule has 126 valence electrons. The molecule has 1 aliphatic heterocycles. The van der Waals surface area contributed by atoms with E-state index in [9.17, 15) is 4.79 Å². The van der Waals surface area contributed by atoms with E-state index in [1.165, 1.54) is 11.1 Å². The molecular weight excluding hydrogens is 298 g/mol. The second-order valence-electron chi connectivity index (χ2n) is 6.76. The van der Waals surface area contributed by atoms with Crippen molar-refractivity contribution in [1.29, 1.82) is 0 Å². The Morgan fingerprint density at radius 2 is 1.79 bits per heavy atom. The largest absolute Gasteiger partial charge is 0.339 e. The molecular formula is C20H25N3O. The predicted molar refractivity (Wildman–Crippen MR) is 96.6 cm³/mol. The minimum Gasteiger partial charge on any atom is -0.339 e. The summed E-state index contributed by atoms with van der Waals surface area (Å²) in [5.74, 6) is 0.144. The van der Waals surface area contributed by atoms with Crippen molar-refractivity contribution >= 4 is 12.0 Å². The summed E-state index contributed by atoms with van der Waals surface area (Å²) in [6, 6.07) is 8.66. The van der Waals surface area contributed by atoms with Gasteiger partial charge in [-0.3, -0.25) is 9.48 Å². The fourth-order valence-electron chi connectivity index (χ4n) is 3.19. The molecule has 0 atom stereocenters. The number of aryl methyl sites for hydroxylation is 2. The third-order valence-electron chi connectivity index (χ3n) is 4.65. The van der Waals surface area contributed by atoms with Crippen LogP contribution in [0.5, 0.6) is 0 Å². The quantitative estimate of drug-likeness (QED) is 0.807. The smallest absolute Gasteiger partial charge is 0.249 e. The third-order valence-corrected chi connectivity index (χ3v) is 4.65. The molecule has 1 aromatic heterocycles. The maximum absolute atomic E-state index is 12.7. The van der Waals surface area contributed by atoms with E-state index in [1.807, 2.05) is 28.8 Å². The predicted octanol–water partition coefficient (Wildman–Crippen LogP) is 3.77. The number of nitrogens with zero attached hydrogens (tertiary/aromatic N) is 3. The molecule has 1 amide bonds. The van der Waals surface area contributed by atoms with Gasteiger partial charge in [-0.1, -0.05) is 29.8 Å². The van der Waals surface area contributed by atoms with Gasteiger partial charge in [0.05, 0.1) is 12.2 Å². The number of piperidine rings is 1. The van der Waals surface area contributed by atoms with Gasteiger partial charge in [-0.2, -0.15) is 5.10 Å². The van der Waals surface area contributed by atoms with Crippen molar-refractivity contribution < 1.29 is 4.79 Å². The average Bonchev–Trinajstić information content (AvgIpc) is 3.03. The maximum Gasteiger partial charge on any atom is 0.249 e. The Hall–Kier alpha value is -2.36. The number of carbonyl (C=O) groups is 1. The van der Waals surface area contributed by atoms with Crippen LogP contribution >= 0.6 is 0 Å². The van der Waals surface area contributed by atoms with Gasteiger partial charge < -0.3 is 4.90 Å². The normalized spacial score (nSPS) is 16.5. The van der Waals surface area contributed by atoms with Crippen LogP contribution in [-0.2, 0) is 4.79 Å². The molecule has 4 nitrogen and oxygen atoms in total. The van der Waals surface area contributed by atoms with Gasteiger partial charge in [-0.05, 0) is 50.8 Å². The highest BCUT2D eigenvalue weighted by atomic mass is 16.2. The number of benzene rings is 1. The van der Waals surface area contributed by atoms with Gasteiger partial charge in [0.25, 0.3) is 0 Å². The van der Waals surface area contributed by atoms with Crippen LogP contribution in [0, 0.1) is 13.8 Å². The Bertz CT molecular complexity index is 734. The van der Waals surface area contributed by atoms with Crippen molar-refractivity contribution in [3.63, 3.8) is 0 Å². The monoisotopic (exact) mass is 323 g/mol. The van der Waals surface area contributed by atoms with Gasteiger partial charge in [0, 0.05) is 24.9 Å². The second-order valence-corrected chi connectivity index (χ2v) is 6.76. The first-order valence-electron chi connectivity index (χ1n) is 8.58. The highest BCUT2D eigenvalue weighted by Crippen LogP contribution is 2.23. The molecule has 1 fully saturated rings. The molecule has 0 aliphatic carbocycles. The second kappa shape index (κ2) is 7.04. The van der Waals surface area contributed by atoms with Gasteiger partial charge >= 0.3 is 0 Å². The third kappa shape index (κ3) is 3.75. The van der Waals surface area contributed by atoms with E-state index in [4.69, 9.17) is 0 Å². The van der Waals surface area contributed by atoms with E-state index in [2.05, 4.69) is 49.4 Å². The van der Waals surface area contributed by atoms with E-state index in [0.29, 0.717) is 6.04 Å². The van der Waals surface area contributed by atoms with Gasteiger partial charge in [-0.25, -0.2) is 0 Å². The summed E-state index contributed by atoms with van der Waals surface area (Å²) in [4.78, 5) is 14.6. The van der Waals surface area contributed by atoms with Crippen LogP contribution in [-0.4, -0.2) is 33.7 Å². The number of carbonyl (C=O) groups excluding carboxylic acids is 1. The summed E-state index contributed by atoms with van der Waals surface area (Å²) in [5.41, 5.74) is 4.29. The number of amides is 1. The van der Waals surface area contributed by atoms with Crippen molar-refractivity contribution in [2.24, 2.45) is 0 Å². The van der Waals surface area contributed by atoms with Gasteiger partial charge in [-0.15, -0.1) is 0 Å². The van der Waals surface area contributed by atoms with Crippen molar-refractivity contribution in [1.82, 2.24) is 14.7 Å². The Morgan fingerprint density at radius 3 is 2.38 bits per heavy atom. The lowest BCUT2D eigenvalue weighted by Gasteiger charge is -2.32. The summed E-state index contributed by atoms with van der Waals surface area (Å²) >= 11 is 0. The number of aromatic nitrogens is 2. The van der Waals surface area contributed by atoms with Crippen LogP contribution in [0.1, 0.15) is 42.5 Å². The standard InChI is InChI=1S/C20H25N3O/c1-15-4-6-18(7-5-15)12-17(3)20(24)22-10-8-19(9-11-22)23-14-16(2)13-21-23/h4-7,12-14,19H,8-11H2,1-3H3/b17-12+. The molecule has 0 unspecified atom stereocenters. The first-order chi connectivity index (χ1) is 11.5. The minimum atomic E-state index is 0.144. The molecule has 4 heteroatoms. The Labute approximate surface area is 143 Å². The zero-order valence-electron chi connectivity index (χ0n) is 14.7. The summed E-state index contributed by atoms with van der Waals surface area (Å²) in [7, 11) is 0. The fraction of sp³-hybridized carbons (Fsp3) is 0.400. The van der Waals surface area contributed by atoms with Crippen molar-refractivity contribution in [3.8, 4) is 0 Å². The summed E-state index contributed by atoms with van der Waals surface area (Å²) in [6.07, 6.45) is 7.89. The molecule has 2 heterocycles. The zero-order valence-corrected chi connectivity index (χ0v) is 14.7. The average molecular weight is 323 g/mol. The molecule has 3 rings (SSSR count). The molecule has 0 radical (unpaired) electrons. The lowest BCUT2D eigenvalue weighted by atomic mass is 10.0. The molecule has 24 heavy (non-hydrogen) atoms. The summed E-state index contributed by atoms with van der Waals surface area (Å²) < 4.78 is 2.05. The SMILES string of the molecule is C/C(=C\c1ccc(C)cc1)C(=O)N1CCC(n2cc(C)cn2)CC1. The van der Waals surface area contributed by atoms with E-state index in [1.54, 1.807) is 0 Å². The molecule has 0 saturated carbocycles. The first kappa shape index (κ1) is 16.5. The molecule has 2 aromatic rings. The van der Waals surface area contributed by atoms with Crippen LogP contribution in [0.15, 0.2) is 42.2 Å². The Balaban J connectivity index is 1.61. The molecule has 1 aliphatic rings. The van der Waals surface area contributed by atoms with E-state index < -0.39 is 0 Å². The van der Waals surface area contributed by atoms with Crippen LogP contribution in [0.2, 0.25) is 0 Å². The van der Waals surface area contributed by atoms with Crippen molar-refractivity contribution in [2.75, 3.05) is 13.1 Å². The molecule has 0 N–H and O–H groups in total. The highest BCUT2D eigenvalue weighted by Gasteiger charge is 2.24. The summed E-state index contributed by atoms with van der Waals surface area (Å²) in [5, 5.41) is 4.41. The van der Waals surface area contributed by atoms with E-state index in [-0.39, 0.29) is 5.91 Å². The lowest BCUT2D eigenvalue weighted by Crippen LogP contribution is -2.39. The molecule has 0 bridgehead atoms. The van der Waals surface area contributed by atoms with Crippen molar-refractivity contribution in [2.45, 2.75) is 39.7 Å². The molecule has 1 saturated heterocycles. The number of hydrogen-bond donors (Lipinski definition) is 0. The fourth-order valence-corrected chi connectivity index (χ4v) is 3.19. The van der Waals surface area contributed by atoms with Crippen LogP contribution in [0.4, 0.5) is 0 Å². The first-order valence-corrected chi connectivity index (χ1v) is 8.58. The Kier molecular flexibility index (Phi) is 4.84. The maximum atomic E-state index is 12.7. The van der Waals surface area contributed by atoms with Crippen LogP contribution in [0.3, 0.4) is 0 Å².